The second-order valence-corrected chi connectivity index (χ2v) is 5.57. The van der Waals surface area contributed by atoms with E-state index in [1.165, 1.54) is 12.8 Å². The number of imidazole rings is 1. The van der Waals surface area contributed by atoms with Crippen LogP contribution in [-0.4, -0.2) is 27.5 Å². The molecule has 4 nitrogen and oxygen atoms in total. The van der Waals surface area contributed by atoms with E-state index in [9.17, 15) is 0 Å². The Kier molecular flexibility index (Phi) is 2.88. The molecule has 0 aliphatic carbocycles. The van der Waals surface area contributed by atoms with Crippen LogP contribution in [0.15, 0.2) is 42.7 Å². The van der Waals surface area contributed by atoms with Crippen LogP contribution in [-0.2, 0) is 0 Å². The molecule has 1 fully saturated rings. The number of hydrogen-bond donors (Lipinski definition) is 0. The van der Waals surface area contributed by atoms with Crippen molar-refractivity contribution in [3.05, 3.63) is 48.4 Å². The zero-order chi connectivity index (χ0) is 14.2. The average molecular weight is 278 g/mol. The predicted octanol–water partition coefficient (Wildman–Crippen LogP) is 3.30. The maximum Gasteiger partial charge on any atom is 0.137 e. The second-order valence-electron chi connectivity index (χ2n) is 5.57. The highest BCUT2D eigenvalue weighted by Gasteiger charge is 2.15. The van der Waals surface area contributed by atoms with Crippen molar-refractivity contribution in [2.75, 3.05) is 18.0 Å². The van der Waals surface area contributed by atoms with E-state index in [4.69, 9.17) is 0 Å². The number of fused-ring (bicyclic) bond motifs is 1. The monoisotopic (exact) mass is 278 g/mol. The molecule has 0 unspecified atom stereocenters. The molecule has 21 heavy (non-hydrogen) atoms. The van der Waals surface area contributed by atoms with Gasteiger partial charge in [0.25, 0.3) is 0 Å². The van der Waals surface area contributed by atoms with E-state index in [1.54, 1.807) is 0 Å². The first-order valence-electron chi connectivity index (χ1n) is 7.48. The van der Waals surface area contributed by atoms with Crippen LogP contribution in [0.5, 0.6) is 0 Å². The first kappa shape index (κ1) is 12.4. The standard InChI is InChI=1S/C17H18N4/c1-13-17(21-11-3-2-6-16(21)19-13)14-7-8-15(18-12-14)20-9-4-5-10-20/h2-3,6-8,11-12H,4-5,9-10H2,1H3. The summed E-state index contributed by atoms with van der Waals surface area (Å²) in [6, 6.07) is 10.4. The summed E-state index contributed by atoms with van der Waals surface area (Å²) in [6.07, 6.45) is 6.57. The highest BCUT2D eigenvalue weighted by molar-refractivity contribution is 5.67. The van der Waals surface area contributed by atoms with Crippen molar-refractivity contribution in [3.8, 4) is 11.3 Å². The van der Waals surface area contributed by atoms with Crippen LogP contribution in [0.2, 0.25) is 0 Å². The third kappa shape index (κ3) is 2.07. The van der Waals surface area contributed by atoms with E-state index in [1.807, 2.05) is 24.4 Å². The fourth-order valence-electron chi connectivity index (χ4n) is 3.12. The molecule has 3 aromatic rings. The van der Waals surface area contributed by atoms with Crippen molar-refractivity contribution < 1.29 is 0 Å². The Morgan fingerprint density at radius 2 is 1.90 bits per heavy atom. The normalized spacial score (nSPS) is 15.0. The van der Waals surface area contributed by atoms with Gasteiger partial charge in [0.1, 0.15) is 11.5 Å². The van der Waals surface area contributed by atoms with Gasteiger partial charge in [-0.15, -0.1) is 0 Å². The van der Waals surface area contributed by atoms with Gasteiger partial charge in [-0.1, -0.05) is 6.07 Å². The lowest BCUT2D eigenvalue weighted by molar-refractivity contribution is 0.937. The second kappa shape index (κ2) is 4.88. The Hall–Kier alpha value is -2.36. The minimum atomic E-state index is 0.980. The van der Waals surface area contributed by atoms with E-state index >= 15 is 0 Å². The van der Waals surface area contributed by atoms with Gasteiger partial charge in [-0.3, -0.25) is 4.40 Å². The lowest BCUT2D eigenvalue weighted by atomic mass is 10.2. The third-order valence-electron chi connectivity index (χ3n) is 4.16. The maximum atomic E-state index is 4.65. The van der Waals surface area contributed by atoms with Crippen LogP contribution in [0.25, 0.3) is 16.9 Å². The number of aromatic nitrogens is 3. The minimum absolute atomic E-state index is 0.980. The molecule has 0 amide bonds. The molecule has 4 heterocycles. The molecule has 0 atom stereocenters. The molecule has 4 rings (SSSR count). The Labute approximate surface area is 124 Å². The number of pyridine rings is 2. The molecule has 0 saturated carbocycles. The quantitative estimate of drug-likeness (QED) is 0.721. The zero-order valence-electron chi connectivity index (χ0n) is 12.2. The van der Waals surface area contributed by atoms with Gasteiger partial charge in [0.2, 0.25) is 0 Å². The SMILES string of the molecule is Cc1nc2ccccn2c1-c1ccc(N2CCCC2)nc1. The fourth-order valence-corrected chi connectivity index (χ4v) is 3.12. The van der Waals surface area contributed by atoms with Crippen LogP contribution in [0.4, 0.5) is 5.82 Å². The average Bonchev–Trinajstić information content (AvgIpc) is 3.14. The minimum Gasteiger partial charge on any atom is -0.357 e. The van der Waals surface area contributed by atoms with E-state index in [-0.39, 0.29) is 0 Å². The van der Waals surface area contributed by atoms with Crippen LogP contribution in [0, 0.1) is 6.92 Å². The molecular formula is C17H18N4. The van der Waals surface area contributed by atoms with Crippen molar-refractivity contribution in [1.29, 1.82) is 0 Å². The summed E-state index contributed by atoms with van der Waals surface area (Å²) in [6.45, 7) is 4.30. The van der Waals surface area contributed by atoms with E-state index < -0.39 is 0 Å². The van der Waals surface area contributed by atoms with Gasteiger partial charge in [-0.05, 0) is 44.0 Å². The number of aryl methyl sites for hydroxylation is 1. The summed E-state index contributed by atoms with van der Waals surface area (Å²) < 4.78 is 2.13. The molecule has 3 aromatic heterocycles. The van der Waals surface area contributed by atoms with Gasteiger partial charge in [-0.25, -0.2) is 9.97 Å². The van der Waals surface area contributed by atoms with Crippen LogP contribution in [0.1, 0.15) is 18.5 Å². The first-order chi connectivity index (χ1) is 10.3. The summed E-state index contributed by atoms with van der Waals surface area (Å²) >= 11 is 0. The van der Waals surface area contributed by atoms with Crippen molar-refractivity contribution >= 4 is 11.5 Å². The number of hydrogen-bond acceptors (Lipinski definition) is 3. The Morgan fingerprint density at radius 3 is 2.67 bits per heavy atom. The molecule has 0 radical (unpaired) electrons. The lowest BCUT2D eigenvalue weighted by Gasteiger charge is -2.16. The van der Waals surface area contributed by atoms with Gasteiger partial charge in [0.05, 0.1) is 11.4 Å². The Balaban J connectivity index is 1.76. The third-order valence-corrected chi connectivity index (χ3v) is 4.16. The van der Waals surface area contributed by atoms with E-state index in [0.29, 0.717) is 0 Å². The molecule has 0 aromatic carbocycles. The first-order valence-corrected chi connectivity index (χ1v) is 7.48. The van der Waals surface area contributed by atoms with Gasteiger partial charge in [0, 0.05) is 31.0 Å². The summed E-state index contributed by atoms with van der Waals surface area (Å²) in [7, 11) is 0. The smallest absolute Gasteiger partial charge is 0.137 e. The van der Waals surface area contributed by atoms with Gasteiger partial charge in [0.15, 0.2) is 0 Å². The fraction of sp³-hybridized carbons (Fsp3) is 0.294. The largest absolute Gasteiger partial charge is 0.357 e. The summed E-state index contributed by atoms with van der Waals surface area (Å²) in [5, 5.41) is 0. The van der Waals surface area contributed by atoms with Crippen LogP contribution < -0.4 is 4.90 Å². The molecule has 1 aliphatic heterocycles. The Morgan fingerprint density at radius 1 is 1.05 bits per heavy atom. The predicted molar refractivity (Wildman–Crippen MR) is 84.6 cm³/mol. The molecule has 106 valence electrons. The lowest BCUT2D eigenvalue weighted by Crippen LogP contribution is -2.18. The van der Waals surface area contributed by atoms with Gasteiger partial charge < -0.3 is 4.90 Å². The molecule has 1 saturated heterocycles. The van der Waals surface area contributed by atoms with Crippen LogP contribution in [0.3, 0.4) is 0 Å². The van der Waals surface area contributed by atoms with Crippen molar-refractivity contribution in [2.45, 2.75) is 19.8 Å². The van der Waals surface area contributed by atoms with Crippen molar-refractivity contribution in [1.82, 2.24) is 14.4 Å². The molecule has 0 bridgehead atoms. The maximum absolute atomic E-state index is 4.65. The van der Waals surface area contributed by atoms with Gasteiger partial charge in [-0.2, -0.15) is 0 Å². The number of anilines is 1. The topological polar surface area (TPSA) is 33.4 Å². The van der Waals surface area contributed by atoms with Crippen LogP contribution >= 0.6 is 0 Å². The van der Waals surface area contributed by atoms with E-state index in [2.05, 4.69) is 44.5 Å². The summed E-state index contributed by atoms with van der Waals surface area (Å²) in [5.74, 6) is 1.09. The Bertz CT molecular complexity index is 767. The van der Waals surface area contributed by atoms with Crippen molar-refractivity contribution in [3.63, 3.8) is 0 Å². The molecular weight excluding hydrogens is 260 g/mol. The highest BCUT2D eigenvalue weighted by atomic mass is 15.2. The summed E-state index contributed by atoms with van der Waals surface area (Å²) in [4.78, 5) is 11.6. The number of rotatable bonds is 2. The van der Waals surface area contributed by atoms with Crippen molar-refractivity contribution in [2.24, 2.45) is 0 Å². The highest BCUT2D eigenvalue weighted by Crippen LogP contribution is 2.26. The molecule has 1 aliphatic rings. The molecule has 0 N–H and O–H groups in total. The summed E-state index contributed by atoms with van der Waals surface area (Å²) in [5.41, 5.74) is 4.27. The molecule has 4 heteroatoms. The molecule has 0 spiro atoms. The number of nitrogens with zero attached hydrogens (tertiary/aromatic N) is 4. The van der Waals surface area contributed by atoms with Gasteiger partial charge >= 0.3 is 0 Å². The zero-order valence-corrected chi connectivity index (χ0v) is 12.2. The van der Waals surface area contributed by atoms with E-state index in [0.717, 1.165) is 41.5 Å².